The zero-order valence-electron chi connectivity index (χ0n) is 10.1. The van der Waals surface area contributed by atoms with Gasteiger partial charge in [0.15, 0.2) is 0 Å². The first-order valence-corrected chi connectivity index (χ1v) is 5.51. The number of carbonyl (C=O) groups excluding carboxylic acids is 1. The van der Waals surface area contributed by atoms with Gasteiger partial charge in [0, 0.05) is 12.5 Å². The summed E-state index contributed by atoms with van der Waals surface area (Å²) in [5.74, 6) is -0.705. The van der Waals surface area contributed by atoms with Crippen molar-refractivity contribution >= 4 is 11.7 Å². The molecule has 0 spiro atoms. The fourth-order valence-corrected chi connectivity index (χ4v) is 1.32. The molecule has 1 aromatic carbocycles. The maximum Gasteiger partial charge on any atom is 0.224 e. The second-order valence-corrected chi connectivity index (χ2v) is 4.03. The summed E-state index contributed by atoms with van der Waals surface area (Å²) in [6.45, 7) is 2.02. The Morgan fingerprint density at radius 1 is 1.50 bits per heavy atom. The van der Waals surface area contributed by atoms with Gasteiger partial charge in [0.05, 0.1) is 6.42 Å². The van der Waals surface area contributed by atoms with Crippen LogP contribution in [-0.4, -0.2) is 23.5 Å². The molecule has 0 aliphatic heterocycles. The molecule has 98 valence electrons. The van der Waals surface area contributed by atoms with Crippen LogP contribution in [0.4, 0.5) is 4.39 Å². The van der Waals surface area contributed by atoms with Crippen LogP contribution in [0.15, 0.2) is 29.4 Å². The third-order valence-corrected chi connectivity index (χ3v) is 2.50. The highest BCUT2D eigenvalue weighted by atomic mass is 19.1. The van der Waals surface area contributed by atoms with E-state index in [9.17, 15) is 9.18 Å². The lowest BCUT2D eigenvalue weighted by Crippen LogP contribution is -2.35. The molecule has 4 N–H and O–H groups in total. The van der Waals surface area contributed by atoms with Crippen LogP contribution in [0.5, 0.6) is 0 Å². The molecular weight excluding hydrogens is 237 g/mol. The molecule has 0 fully saturated rings. The Morgan fingerprint density at radius 2 is 2.11 bits per heavy atom. The normalized spacial score (nSPS) is 13.1. The van der Waals surface area contributed by atoms with Crippen molar-refractivity contribution in [2.75, 3.05) is 6.54 Å². The molecule has 0 aliphatic carbocycles. The third kappa shape index (κ3) is 4.40. The molecule has 6 heteroatoms. The van der Waals surface area contributed by atoms with Crippen molar-refractivity contribution in [3.05, 3.63) is 35.6 Å². The predicted octanol–water partition coefficient (Wildman–Crippen LogP) is 0.867. The van der Waals surface area contributed by atoms with Crippen molar-refractivity contribution in [3.8, 4) is 0 Å². The number of hydrogen-bond donors (Lipinski definition) is 3. The van der Waals surface area contributed by atoms with Gasteiger partial charge in [-0.15, -0.1) is 0 Å². The number of carbonyl (C=O) groups is 1. The molecule has 0 aliphatic rings. The predicted molar refractivity (Wildman–Crippen MR) is 65.7 cm³/mol. The first-order valence-electron chi connectivity index (χ1n) is 5.51. The Labute approximate surface area is 104 Å². The second kappa shape index (κ2) is 6.58. The lowest BCUT2D eigenvalue weighted by molar-refractivity contribution is -0.120. The summed E-state index contributed by atoms with van der Waals surface area (Å²) in [6, 6.07) is 5.73. The highest BCUT2D eigenvalue weighted by molar-refractivity contribution is 5.83. The van der Waals surface area contributed by atoms with E-state index in [0.717, 1.165) is 5.56 Å². The SMILES string of the molecule is CC(CNC(=O)Cc1ccc(F)cc1)C(N)=NO. The highest BCUT2D eigenvalue weighted by Gasteiger charge is 2.10. The van der Waals surface area contributed by atoms with Crippen LogP contribution in [0.2, 0.25) is 0 Å². The Balaban J connectivity index is 2.40. The smallest absolute Gasteiger partial charge is 0.224 e. The first kappa shape index (κ1) is 14.0. The molecule has 0 radical (unpaired) electrons. The number of halogens is 1. The van der Waals surface area contributed by atoms with Crippen molar-refractivity contribution in [2.24, 2.45) is 16.8 Å². The molecule has 0 bridgehead atoms. The summed E-state index contributed by atoms with van der Waals surface area (Å²) in [7, 11) is 0. The van der Waals surface area contributed by atoms with Crippen molar-refractivity contribution in [2.45, 2.75) is 13.3 Å². The van der Waals surface area contributed by atoms with E-state index in [2.05, 4.69) is 10.5 Å². The quantitative estimate of drug-likeness (QED) is 0.315. The maximum atomic E-state index is 12.7. The minimum Gasteiger partial charge on any atom is -0.409 e. The molecule has 1 rings (SSSR count). The lowest BCUT2D eigenvalue weighted by Gasteiger charge is -2.10. The van der Waals surface area contributed by atoms with Gasteiger partial charge in [0.1, 0.15) is 11.7 Å². The van der Waals surface area contributed by atoms with E-state index >= 15 is 0 Å². The number of rotatable bonds is 5. The number of oxime groups is 1. The molecule has 1 atom stereocenters. The Hall–Kier alpha value is -2.11. The number of nitrogens with one attached hydrogen (secondary N) is 1. The molecule has 0 heterocycles. The maximum absolute atomic E-state index is 12.7. The van der Waals surface area contributed by atoms with Crippen LogP contribution < -0.4 is 11.1 Å². The molecular formula is C12H16FN3O2. The monoisotopic (exact) mass is 253 g/mol. The van der Waals surface area contributed by atoms with Gasteiger partial charge in [-0.25, -0.2) is 4.39 Å². The first-order chi connectivity index (χ1) is 8.52. The number of nitrogens with zero attached hydrogens (tertiary/aromatic N) is 1. The third-order valence-electron chi connectivity index (χ3n) is 2.50. The van der Waals surface area contributed by atoms with Crippen LogP contribution in [-0.2, 0) is 11.2 Å². The minimum absolute atomic E-state index is 0.0667. The van der Waals surface area contributed by atoms with Crippen molar-refractivity contribution in [1.82, 2.24) is 5.32 Å². The molecule has 1 unspecified atom stereocenters. The Bertz CT molecular complexity index is 431. The van der Waals surface area contributed by atoms with Gasteiger partial charge >= 0.3 is 0 Å². The van der Waals surface area contributed by atoms with Gasteiger partial charge in [0.25, 0.3) is 0 Å². The van der Waals surface area contributed by atoms with Gasteiger partial charge in [-0.2, -0.15) is 0 Å². The largest absolute Gasteiger partial charge is 0.409 e. The zero-order valence-corrected chi connectivity index (χ0v) is 10.1. The zero-order chi connectivity index (χ0) is 13.5. The van der Waals surface area contributed by atoms with Gasteiger partial charge < -0.3 is 16.3 Å². The molecule has 18 heavy (non-hydrogen) atoms. The molecule has 5 nitrogen and oxygen atoms in total. The van der Waals surface area contributed by atoms with Crippen molar-refractivity contribution < 1.29 is 14.4 Å². The van der Waals surface area contributed by atoms with E-state index in [0.29, 0.717) is 0 Å². The van der Waals surface area contributed by atoms with E-state index in [1.165, 1.54) is 12.1 Å². The minimum atomic E-state index is -0.334. The molecule has 0 saturated carbocycles. The molecule has 0 saturated heterocycles. The van der Waals surface area contributed by atoms with Gasteiger partial charge in [-0.1, -0.05) is 24.2 Å². The van der Waals surface area contributed by atoms with Crippen LogP contribution in [0.1, 0.15) is 12.5 Å². The van der Waals surface area contributed by atoms with Gasteiger partial charge in [0.2, 0.25) is 5.91 Å². The van der Waals surface area contributed by atoms with Gasteiger partial charge in [-0.3, -0.25) is 4.79 Å². The summed E-state index contributed by atoms with van der Waals surface area (Å²) in [5, 5.41) is 14.0. The number of amides is 1. The summed E-state index contributed by atoms with van der Waals surface area (Å²) >= 11 is 0. The Morgan fingerprint density at radius 3 is 2.67 bits per heavy atom. The molecule has 0 aromatic heterocycles. The van der Waals surface area contributed by atoms with Gasteiger partial charge in [-0.05, 0) is 17.7 Å². The van der Waals surface area contributed by atoms with E-state index in [4.69, 9.17) is 10.9 Å². The number of nitrogens with two attached hydrogens (primary N) is 1. The van der Waals surface area contributed by atoms with E-state index in [1.807, 2.05) is 0 Å². The second-order valence-electron chi connectivity index (χ2n) is 4.03. The number of benzene rings is 1. The average molecular weight is 253 g/mol. The number of amidine groups is 1. The lowest BCUT2D eigenvalue weighted by atomic mass is 10.1. The summed E-state index contributed by atoms with van der Waals surface area (Å²) in [6.07, 6.45) is 0.170. The van der Waals surface area contributed by atoms with Crippen molar-refractivity contribution in [3.63, 3.8) is 0 Å². The summed E-state index contributed by atoms with van der Waals surface area (Å²) in [4.78, 5) is 11.6. The summed E-state index contributed by atoms with van der Waals surface area (Å²) in [5.41, 5.74) is 6.11. The van der Waals surface area contributed by atoms with E-state index < -0.39 is 0 Å². The van der Waals surface area contributed by atoms with E-state index in [-0.39, 0.29) is 36.4 Å². The standard InChI is InChI=1S/C12H16FN3O2/c1-8(12(14)16-18)7-15-11(17)6-9-2-4-10(13)5-3-9/h2-5,8,18H,6-7H2,1H3,(H2,14,16)(H,15,17). The summed E-state index contributed by atoms with van der Waals surface area (Å²) < 4.78 is 12.7. The van der Waals surface area contributed by atoms with Crippen LogP contribution in [0, 0.1) is 11.7 Å². The van der Waals surface area contributed by atoms with Crippen LogP contribution in [0.3, 0.4) is 0 Å². The fourth-order valence-electron chi connectivity index (χ4n) is 1.32. The molecule has 1 amide bonds. The van der Waals surface area contributed by atoms with Crippen LogP contribution >= 0.6 is 0 Å². The Kier molecular flexibility index (Phi) is 5.10. The van der Waals surface area contributed by atoms with E-state index in [1.54, 1.807) is 19.1 Å². The topological polar surface area (TPSA) is 87.7 Å². The van der Waals surface area contributed by atoms with Crippen molar-refractivity contribution in [1.29, 1.82) is 0 Å². The van der Waals surface area contributed by atoms with Crippen LogP contribution in [0.25, 0.3) is 0 Å². The average Bonchev–Trinajstić information content (AvgIpc) is 2.37. The molecule has 1 aromatic rings. The highest BCUT2D eigenvalue weighted by Crippen LogP contribution is 2.03. The fraction of sp³-hybridized carbons (Fsp3) is 0.333. The number of hydrogen-bond acceptors (Lipinski definition) is 3.